The molecule has 13 aromatic rings. The van der Waals surface area contributed by atoms with E-state index >= 15 is 0 Å². The number of hydrogen-bond donors (Lipinski definition) is 0. The van der Waals surface area contributed by atoms with Gasteiger partial charge in [0.1, 0.15) is 0 Å². The van der Waals surface area contributed by atoms with Crippen LogP contribution in [-0.4, -0.2) is 0 Å². The molecule has 0 radical (unpaired) electrons. The molecule has 13 aromatic carbocycles. The molecule has 0 aromatic heterocycles. The highest BCUT2D eigenvalue weighted by Gasteiger charge is 2.22. The molecule has 0 saturated carbocycles. The molecule has 0 atom stereocenters. The minimum atomic E-state index is 0.103. The quantitative estimate of drug-likeness (QED) is 0.155. The summed E-state index contributed by atoms with van der Waals surface area (Å²) in [5.41, 5.74) is 12.9. The van der Waals surface area contributed by atoms with Crippen molar-refractivity contribution in [3.05, 3.63) is 205 Å². The molecule has 0 saturated heterocycles. The van der Waals surface area contributed by atoms with Gasteiger partial charge in [0, 0.05) is 0 Å². The third-order valence-electron chi connectivity index (χ3n) is 14.8. The van der Waals surface area contributed by atoms with Gasteiger partial charge in [-0.15, -0.1) is 0 Å². The van der Waals surface area contributed by atoms with E-state index in [4.69, 9.17) is 0 Å². The zero-order chi connectivity index (χ0) is 44.6. The van der Waals surface area contributed by atoms with Gasteiger partial charge in [-0.2, -0.15) is 0 Å². The lowest BCUT2D eigenvalue weighted by atomic mass is 9.86. The first-order chi connectivity index (χ1) is 32.0. The maximum absolute atomic E-state index is 2.54. The van der Waals surface area contributed by atoms with Gasteiger partial charge in [0.15, 0.2) is 0 Å². The van der Waals surface area contributed by atoms with Crippen LogP contribution in [0.15, 0.2) is 194 Å². The van der Waals surface area contributed by atoms with Gasteiger partial charge >= 0.3 is 0 Å². The van der Waals surface area contributed by atoms with Crippen LogP contribution in [0.5, 0.6) is 0 Å². The van der Waals surface area contributed by atoms with Crippen molar-refractivity contribution in [2.24, 2.45) is 0 Å². The molecular formula is C66H50. The summed E-state index contributed by atoms with van der Waals surface area (Å²) in [6.07, 6.45) is 0. The SMILES string of the molecule is CC(C)(C)c1ccc(-c2ccc3c(c2)c2cc4c5cc6c7cc(-c8ccc(C(C)(C)C)cc8)ccc7c7cc(-c8ccccc8)cc(c5ccc4c4cc(-c5ccccc5)cc3c42)c76)cc1. The molecule has 0 N–H and O–H groups in total. The second-order valence-corrected chi connectivity index (χ2v) is 20.9. The Morgan fingerprint density at radius 2 is 0.455 bits per heavy atom. The molecule has 0 aliphatic rings. The predicted octanol–water partition coefficient (Wildman–Crippen LogP) is 19.1. The lowest BCUT2D eigenvalue weighted by Crippen LogP contribution is -2.10. The van der Waals surface area contributed by atoms with Crippen LogP contribution >= 0.6 is 0 Å². The first-order valence-corrected chi connectivity index (χ1v) is 23.6. The van der Waals surface area contributed by atoms with Gasteiger partial charge in [0.05, 0.1) is 0 Å². The Bertz CT molecular complexity index is 3780. The van der Waals surface area contributed by atoms with Crippen LogP contribution in [0.1, 0.15) is 52.7 Å². The summed E-state index contributed by atoms with van der Waals surface area (Å²) >= 11 is 0. The van der Waals surface area contributed by atoms with E-state index in [1.54, 1.807) is 0 Å². The molecule has 0 amide bonds. The summed E-state index contributed by atoms with van der Waals surface area (Å²) in [5.74, 6) is 0. The first kappa shape index (κ1) is 38.9. The summed E-state index contributed by atoms with van der Waals surface area (Å²) in [6, 6.07) is 74.3. The van der Waals surface area contributed by atoms with Crippen LogP contribution in [0.2, 0.25) is 0 Å². The molecule has 0 fully saturated rings. The van der Waals surface area contributed by atoms with Crippen molar-refractivity contribution in [3.63, 3.8) is 0 Å². The van der Waals surface area contributed by atoms with Gasteiger partial charge < -0.3 is 0 Å². The highest BCUT2D eigenvalue weighted by molar-refractivity contribution is 6.41. The monoisotopic (exact) mass is 842 g/mol. The molecule has 0 heteroatoms. The van der Waals surface area contributed by atoms with E-state index in [2.05, 4.69) is 236 Å². The Labute approximate surface area is 386 Å². The van der Waals surface area contributed by atoms with E-state index in [9.17, 15) is 0 Å². The topological polar surface area (TPSA) is 0 Å². The number of hydrogen-bond acceptors (Lipinski definition) is 0. The fourth-order valence-electron chi connectivity index (χ4n) is 11.3. The third-order valence-corrected chi connectivity index (χ3v) is 14.8. The molecule has 0 spiro atoms. The number of rotatable bonds is 4. The summed E-state index contributed by atoms with van der Waals surface area (Å²) < 4.78 is 0. The average molecular weight is 843 g/mol. The second-order valence-electron chi connectivity index (χ2n) is 20.9. The van der Waals surface area contributed by atoms with Crippen molar-refractivity contribution in [3.8, 4) is 44.5 Å². The van der Waals surface area contributed by atoms with Gasteiger partial charge in [-0.25, -0.2) is 0 Å². The van der Waals surface area contributed by atoms with Gasteiger partial charge in [0.25, 0.3) is 0 Å². The normalized spacial score (nSPS) is 12.7. The lowest BCUT2D eigenvalue weighted by molar-refractivity contribution is 0.590. The van der Waals surface area contributed by atoms with Gasteiger partial charge in [-0.1, -0.05) is 187 Å². The fraction of sp³-hybridized carbons (Fsp3) is 0.121. The Balaban J connectivity index is 1.13. The van der Waals surface area contributed by atoms with Crippen molar-refractivity contribution in [1.82, 2.24) is 0 Å². The van der Waals surface area contributed by atoms with Crippen LogP contribution < -0.4 is 0 Å². The molecule has 0 aliphatic carbocycles. The Hall–Kier alpha value is -7.54. The summed E-state index contributed by atoms with van der Waals surface area (Å²) in [7, 11) is 0. The van der Waals surface area contributed by atoms with Gasteiger partial charge in [0.2, 0.25) is 0 Å². The molecule has 0 bridgehead atoms. The summed E-state index contributed by atoms with van der Waals surface area (Å²) in [5, 5.41) is 21.0. The van der Waals surface area contributed by atoms with E-state index < -0.39 is 0 Å². The number of fused-ring (bicyclic) bond motifs is 11. The van der Waals surface area contributed by atoms with Crippen molar-refractivity contribution >= 4 is 86.2 Å². The first-order valence-electron chi connectivity index (χ1n) is 23.6. The Morgan fingerprint density at radius 3 is 0.788 bits per heavy atom. The van der Waals surface area contributed by atoms with Crippen LogP contribution in [0.25, 0.3) is 131 Å². The van der Waals surface area contributed by atoms with Crippen molar-refractivity contribution in [2.45, 2.75) is 52.4 Å². The molecule has 0 heterocycles. The summed E-state index contributed by atoms with van der Waals surface area (Å²) in [6.45, 7) is 13.7. The largest absolute Gasteiger partial charge is 0.0622 e. The molecule has 13 rings (SSSR count). The fourth-order valence-corrected chi connectivity index (χ4v) is 11.3. The summed E-state index contributed by atoms with van der Waals surface area (Å²) in [4.78, 5) is 0. The van der Waals surface area contributed by atoms with Crippen LogP contribution in [0.3, 0.4) is 0 Å². The average Bonchev–Trinajstić information content (AvgIpc) is 3.83. The van der Waals surface area contributed by atoms with Crippen molar-refractivity contribution in [1.29, 1.82) is 0 Å². The maximum atomic E-state index is 2.54. The Kier molecular flexibility index (Phi) is 8.24. The molecule has 66 heavy (non-hydrogen) atoms. The van der Waals surface area contributed by atoms with Gasteiger partial charge in [-0.05, 0) is 201 Å². The Morgan fingerprint density at radius 1 is 0.197 bits per heavy atom. The minimum absolute atomic E-state index is 0.103. The van der Waals surface area contributed by atoms with E-state index in [-0.39, 0.29) is 10.8 Å². The number of benzene rings is 11. The molecule has 0 nitrogen and oxygen atoms in total. The zero-order valence-corrected chi connectivity index (χ0v) is 38.5. The standard InChI is InChI=1S/C66H50/c1-65(2,3)47-23-17-41(18-24-47)43-21-27-49-53(31-43)61-37-55-51(59-35-45(33-57(49)63(59)61)39-13-9-7-10-14-39)29-30-52-56(55)38-62-54-32-44(42-19-25-48(26-20-42)66(4,5)6)22-28-50(54)58-34-46(36-60(52)64(58)62)40-15-11-8-12-16-40/h7-38H,1-6H3. The van der Waals surface area contributed by atoms with Crippen LogP contribution in [-0.2, 0) is 10.8 Å². The lowest BCUT2D eigenvalue weighted by Gasteiger charge is -2.19. The molecular weight excluding hydrogens is 793 g/mol. The van der Waals surface area contributed by atoms with Crippen LogP contribution in [0, 0.1) is 0 Å². The second kappa shape index (κ2) is 14.0. The third kappa shape index (κ3) is 5.91. The van der Waals surface area contributed by atoms with E-state index in [0.717, 1.165) is 0 Å². The van der Waals surface area contributed by atoms with E-state index in [1.807, 2.05) is 0 Å². The highest BCUT2D eigenvalue weighted by atomic mass is 14.3. The van der Waals surface area contributed by atoms with Crippen molar-refractivity contribution in [2.75, 3.05) is 0 Å². The molecule has 0 aliphatic heterocycles. The molecule has 0 unspecified atom stereocenters. The van der Waals surface area contributed by atoms with E-state index in [1.165, 1.54) is 142 Å². The van der Waals surface area contributed by atoms with Crippen molar-refractivity contribution < 1.29 is 0 Å². The zero-order valence-electron chi connectivity index (χ0n) is 38.5. The molecule has 314 valence electrons. The van der Waals surface area contributed by atoms with E-state index in [0.29, 0.717) is 0 Å². The van der Waals surface area contributed by atoms with Crippen LogP contribution in [0.4, 0.5) is 0 Å². The minimum Gasteiger partial charge on any atom is -0.0622 e. The predicted molar refractivity (Wildman–Crippen MR) is 288 cm³/mol. The smallest absolute Gasteiger partial charge is 0.00195 e. The van der Waals surface area contributed by atoms with Gasteiger partial charge in [-0.3, -0.25) is 0 Å². The highest BCUT2D eigenvalue weighted by Crippen LogP contribution is 2.50. The maximum Gasteiger partial charge on any atom is -0.00195 e.